The van der Waals surface area contributed by atoms with Crippen LogP contribution in [0.3, 0.4) is 0 Å². The maximum Gasteiger partial charge on any atom is 0.338 e. The minimum Gasteiger partial charge on any atom is -0.508 e. The van der Waals surface area contributed by atoms with Gasteiger partial charge < -0.3 is 15.2 Å². The van der Waals surface area contributed by atoms with Gasteiger partial charge in [0.2, 0.25) is 0 Å². The molecule has 0 aliphatic rings. The minimum atomic E-state index is -0.691. The lowest BCUT2D eigenvalue weighted by Crippen LogP contribution is -2.22. The molecule has 3 aromatic carbocycles. The van der Waals surface area contributed by atoms with Crippen molar-refractivity contribution in [3.05, 3.63) is 95.6 Å². The number of esters is 1. The van der Waals surface area contributed by atoms with Crippen LogP contribution in [0.5, 0.6) is 5.75 Å². The second-order valence-electron chi connectivity index (χ2n) is 5.91. The quantitative estimate of drug-likeness (QED) is 0.509. The SMILES string of the molecule is O=C(COC(=O)c1ccc(O)cc1)Nc1ccccc1C(=O)c1ccccc1. The number of ether oxygens (including phenoxy) is 1. The summed E-state index contributed by atoms with van der Waals surface area (Å²) in [6, 6.07) is 20.8. The maximum atomic E-state index is 12.7. The number of anilines is 1. The van der Waals surface area contributed by atoms with E-state index >= 15 is 0 Å². The number of aromatic hydroxyl groups is 1. The number of para-hydroxylation sites is 1. The summed E-state index contributed by atoms with van der Waals surface area (Å²) in [7, 11) is 0. The Morgan fingerprint density at radius 3 is 2.14 bits per heavy atom. The number of phenols is 1. The molecule has 0 fully saturated rings. The number of hydrogen-bond donors (Lipinski definition) is 2. The van der Waals surface area contributed by atoms with Crippen LogP contribution in [0.2, 0.25) is 0 Å². The number of rotatable bonds is 6. The number of carbonyl (C=O) groups excluding carboxylic acids is 3. The van der Waals surface area contributed by atoms with E-state index < -0.39 is 18.5 Å². The monoisotopic (exact) mass is 375 g/mol. The first kappa shape index (κ1) is 18.8. The third kappa shape index (κ3) is 4.62. The molecule has 0 aliphatic heterocycles. The van der Waals surface area contributed by atoms with Gasteiger partial charge in [0.05, 0.1) is 11.3 Å². The number of phenolic OH excluding ortho intramolecular Hbond substituents is 1. The fourth-order valence-electron chi connectivity index (χ4n) is 2.53. The Hall–Kier alpha value is -3.93. The normalized spacial score (nSPS) is 10.1. The molecule has 28 heavy (non-hydrogen) atoms. The average molecular weight is 375 g/mol. The van der Waals surface area contributed by atoms with Gasteiger partial charge in [0.25, 0.3) is 5.91 Å². The Kier molecular flexibility index (Phi) is 5.81. The van der Waals surface area contributed by atoms with Crippen LogP contribution in [0.4, 0.5) is 5.69 Å². The summed E-state index contributed by atoms with van der Waals surface area (Å²) in [6.45, 7) is -0.506. The predicted octanol–water partition coefficient (Wildman–Crippen LogP) is 3.42. The van der Waals surface area contributed by atoms with E-state index in [-0.39, 0.29) is 17.1 Å². The Bertz CT molecular complexity index is 997. The Morgan fingerprint density at radius 1 is 0.786 bits per heavy atom. The molecule has 0 atom stereocenters. The molecular formula is C22H17NO5. The van der Waals surface area contributed by atoms with Crippen LogP contribution < -0.4 is 5.32 Å². The summed E-state index contributed by atoms with van der Waals surface area (Å²) in [4.78, 5) is 36.8. The molecule has 6 heteroatoms. The molecule has 6 nitrogen and oxygen atoms in total. The van der Waals surface area contributed by atoms with E-state index in [2.05, 4.69) is 5.32 Å². The molecule has 1 amide bonds. The summed E-state index contributed by atoms with van der Waals surface area (Å²) in [5.74, 6) is -1.46. The third-order valence-corrected chi connectivity index (χ3v) is 3.92. The zero-order valence-electron chi connectivity index (χ0n) is 14.8. The van der Waals surface area contributed by atoms with Crippen molar-refractivity contribution in [1.29, 1.82) is 0 Å². The van der Waals surface area contributed by atoms with Crippen molar-refractivity contribution in [2.45, 2.75) is 0 Å². The molecular weight excluding hydrogens is 358 g/mol. The molecule has 0 saturated heterocycles. The first-order chi connectivity index (χ1) is 13.5. The van der Waals surface area contributed by atoms with Crippen LogP contribution in [0.25, 0.3) is 0 Å². The van der Waals surface area contributed by atoms with Gasteiger partial charge in [-0.05, 0) is 36.4 Å². The van der Waals surface area contributed by atoms with Crippen molar-refractivity contribution >= 4 is 23.3 Å². The molecule has 3 rings (SSSR count). The fourth-order valence-corrected chi connectivity index (χ4v) is 2.53. The highest BCUT2D eigenvalue weighted by molar-refractivity contribution is 6.13. The maximum absolute atomic E-state index is 12.7. The summed E-state index contributed by atoms with van der Waals surface area (Å²) in [6.07, 6.45) is 0. The molecule has 0 aliphatic carbocycles. The van der Waals surface area contributed by atoms with Crippen LogP contribution in [-0.2, 0) is 9.53 Å². The van der Waals surface area contributed by atoms with Gasteiger partial charge >= 0.3 is 5.97 Å². The van der Waals surface area contributed by atoms with Gasteiger partial charge in [-0.25, -0.2) is 4.79 Å². The highest BCUT2D eigenvalue weighted by atomic mass is 16.5. The minimum absolute atomic E-state index is 0.0222. The lowest BCUT2D eigenvalue weighted by atomic mass is 10.0. The van der Waals surface area contributed by atoms with E-state index in [1.165, 1.54) is 24.3 Å². The van der Waals surface area contributed by atoms with Crippen LogP contribution in [0, 0.1) is 0 Å². The zero-order valence-corrected chi connectivity index (χ0v) is 14.8. The van der Waals surface area contributed by atoms with Crippen molar-refractivity contribution in [2.24, 2.45) is 0 Å². The van der Waals surface area contributed by atoms with Crippen molar-refractivity contribution in [2.75, 3.05) is 11.9 Å². The molecule has 0 unspecified atom stereocenters. The number of benzene rings is 3. The molecule has 0 heterocycles. The van der Waals surface area contributed by atoms with Gasteiger partial charge in [0, 0.05) is 11.1 Å². The van der Waals surface area contributed by atoms with E-state index in [1.807, 2.05) is 6.07 Å². The van der Waals surface area contributed by atoms with Crippen LogP contribution >= 0.6 is 0 Å². The Balaban J connectivity index is 1.65. The molecule has 3 aromatic rings. The predicted molar refractivity (Wildman–Crippen MR) is 103 cm³/mol. The van der Waals surface area contributed by atoms with E-state index in [0.717, 1.165) is 0 Å². The van der Waals surface area contributed by atoms with Crippen LogP contribution in [0.1, 0.15) is 26.3 Å². The fraction of sp³-hybridized carbons (Fsp3) is 0.0455. The molecule has 0 spiro atoms. The van der Waals surface area contributed by atoms with E-state index in [0.29, 0.717) is 16.8 Å². The van der Waals surface area contributed by atoms with Crippen molar-refractivity contribution in [3.63, 3.8) is 0 Å². The van der Waals surface area contributed by atoms with Crippen molar-refractivity contribution < 1.29 is 24.2 Å². The lowest BCUT2D eigenvalue weighted by molar-refractivity contribution is -0.119. The summed E-state index contributed by atoms with van der Waals surface area (Å²) in [5.41, 5.74) is 1.39. The topological polar surface area (TPSA) is 92.7 Å². The van der Waals surface area contributed by atoms with E-state index in [4.69, 9.17) is 4.74 Å². The first-order valence-electron chi connectivity index (χ1n) is 8.49. The van der Waals surface area contributed by atoms with Crippen LogP contribution in [-0.4, -0.2) is 29.4 Å². The van der Waals surface area contributed by atoms with E-state index in [1.54, 1.807) is 48.5 Å². The van der Waals surface area contributed by atoms with Crippen molar-refractivity contribution in [1.82, 2.24) is 0 Å². The molecule has 0 bridgehead atoms. The molecule has 2 N–H and O–H groups in total. The standard InChI is InChI=1S/C22H17NO5/c24-17-12-10-16(11-13-17)22(27)28-14-20(25)23-19-9-5-4-8-18(19)21(26)15-6-2-1-3-7-15/h1-13,24H,14H2,(H,23,25). The highest BCUT2D eigenvalue weighted by Gasteiger charge is 2.16. The highest BCUT2D eigenvalue weighted by Crippen LogP contribution is 2.19. The summed E-state index contributed by atoms with van der Waals surface area (Å²) >= 11 is 0. The Morgan fingerprint density at radius 2 is 1.43 bits per heavy atom. The van der Waals surface area contributed by atoms with Gasteiger partial charge in [-0.2, -0.15) is 0 Å². The Labute approximate surface area is 161 Å². The summed E-state index contributed by atoms with van der Waals surface area (Å²) < 4.78 is 4.97. The van der Waals surface area contributed by atoms with Gasteiger partial charge in [-0.3, -0.25) is 9.59 Å². The molecule has 0 radical (unpaired) electrons. The van der Waals surface area contributed by atoms with E-state index in [9.17, 15) is 19.5 Å². The van der Waals surface area contributed by atoms with Crippen LogP contribution in [0.15, 0.2) is 78.9 Å². The van der Waals surface area contributed by atoms with Gasteiger partial charge in [-0.15, -0.1) is 0 Å². The molecule has 140 valence electrons. The third-order valence-electron chi connectivity index (χ3n) is 3.92. The number of ketones is 1. The zero-order chi connectivity index (χ0) is 19.9. The molecule has 0 saturated carbocycles. The van der Waals surface area contributed by atoms with Gasteiger partial charge in [0.15, 0.2) is 12.4 Å². The number of amides is 1. The van der Waals surface area contributed by atoms with Crippen molar-refractivity contribution in [3.8, 4) is 5.75 Å². The number of nitrogens with one attached hydrogen (secondary N) is 1. The average Bonchev–Trinajstić information content (AvgIpc) is 2.73. The van der Waals surface area contributed by atoms with Gasteiger partial charge in [0.1, 0.15) is 5.75 Å². The smallest absolute Gasteiger partial charge is 0.338 e. The molecule has 0 aromatic heterocycles. The largest absolute Gasteiger partial charge is 0.508 e. The second-order valence-corrected chi connectivity index (χ2v) is 5.91. The number of carbonyl (C=O) groups is 3. The first-order valence-corrected chi connectivity index (χ1v) is 8.49. The lowest BCUT2D eigenvalue weighted by Gasteiger charge is -2.11. The van der Waals surface area contributed by atoms with Gasteiger partial charge in [-0.1, -0.05) is 42.5 Å². The number of hydrogen-bond acceptors (Lipinski definition) is 5. The summed E-state index contributed by atoms with van der Waals surface area (Å²) in [5, 5.41) is 11.8. The second kappa shape index (κ2) is 8.64.